The van der Waals surface area contributed by atoms with Crippen molar-refractivity contribution < 1.29 is 18.8 Å². The van der Waals surface area contributed by atoms with Crippen LogP contribution in [-0.2, 0) is 11.3 Å². The summed E-state index contributed by atoms with van der Waals surface area (Å²) in [5, 5.41) is 3.92. The van der Waals surface area contributed by atoms with E-state index in [-0.39, 0.29) is 6.61 Å². The molecule has 0 N–H and O–H groups in total. The van der Waals surface area contributed by atoms with Gasteiger partial charge in [0.05, 0.1) is 12.7 Å². The lowest BCUT2D eigenvalue weighted by molar-refractivity contribution is 0.0464. The van der Waals surface area contributed by atoms with Gasteiger partial charge in [-0.25, -0.2) is 4.79 Å². The average Bonchev–Trinajstić information content (AvgIpc) is 3.09. The van der Waals surface area contributed by atoms with Crippen LogP contribution >= 0.6 is 15.9 Å². The molecule has 0 unspecified atom stereocenters. The lowest BCUT2D eigenvalue weighted by atomic mass is 10.1. The minimum Gasteiger partial charge on any atom is -0.497 e. The third kappa shape index (κ3) is 3.83. The molecule has 1 aromatic heterocycles. The van der Waals surface area contributed by atoms with Gasteiger partial charge in [0.2, 0.25) is 0 Å². The first-order valence-corrected chi connectivity index (χ1v) is 7.98. The standard InChI is InChI=1S/C18H14BrNO4/c1-22-16-8-4-12(5-9-16)17-10-15(20-24-17)11-23-18(21)13-2-6-14(19)7-3-13/h2-10H,11H2,1H3. The van der Waals surface area contributed by atoms with Gasteiger partial charge < -0.3 is 14.0 Å². The maximum Gasteiger partial charge on any atom is 0.338 e. The summed E-state index contributed by atoms with van der Waals surface area (Å²) < 4.78 is 16.6. The average molecular weight is 388 g/mol. The summed E-state index contributed by atoms with van der Waals surface area (Å²) in [6.07, 6.45) is 0. The second-order valence-corrected chi connectivity index (χ2v) is 5.91. The molecule has 0 radical (unpaired) electrons. The number of aromatic nitrogens is 1. The first-order chi connectivity index (χ1) is 11.7. The molecule has 5 nitrogen and oxygen atoms in total. The van der Waals surface area contributed by atoms with Gasteiger partial charge in [-0.3, -0.25) is 0 Å². The molecule has 1 heterocycles. The monoisotopic (exact) mass is 387 g/mol. The van der Waals surface area contributed by atoms with Gasteiger partial charge in [0.1, 0.15) is 18.1 Å². The van der Waals surface area contributed by atoms with E-state index in [0.717, 1.165) is 15.8 Å². The van der Waals surface area contributed by atoms with E-state index in [4.69, 9.17) is 14.0 Å². The minimum absolute atomic E-state index is 0.0502. The predicted molar refractivity (Wildman–Crippen MR) is 91.8 cm³/mol. The van der Waals surface area contributed by atoms with Crippen molar-refractivity contribution in [1.29, 1.82) is 0 Å². The minimum atomic E-state index is -0.406. The highest BCUT2D eigenvalue weighted by atomic mass is 79.9. The molecule has 24 heavy (non-hydrogen) atoms. The Labute approximate surface area is 147 Å². The van der Waals surface area contributed by atoms with Crippen molar-refractivity contribution in [1.82, 2.24) is 5.16 Å². The van der Waals surface area contributed by atoms with Gasteiger partial charge in [0, 0.05) is 16.1 Å². The lowest BCUT2D eigenvalue weighted by Crippen LogP contribution is -2.05. The maximum atomic E-state index is 12.0. The summed E-state index contributed by atoms with van der Waals surface area (Å²) in [7, 11) is 1.61. The Morgan fingerprint density at radius 3 is 2.50 bits per heavy atom. The van der Waals surface area contributed by atoms with Gasteiger partial charge >= 0.3 is 5.97 Å². The van der Waals surface area contributed by atoms with E-state index in [1.165, 1.54) is 0 Å². The molecule has 0 atom stereocenters. The van der Waals surface area contributed by atoms with Gasteiger partial charge in [-0.1, -0.05) is 21.1 Å². The molecule has 3 aromatic rings. The number of esters is 1. The van der Waals surface area contributed by atoms with Crippen LogP contribution in [0.5, 0.6) is 5.75 Å². The molecule has 2 aromatic carbocycles. The third-order valence-corrected chi connectivity index (χ3v) is 3.89. The molecule has 0 aliphatic carbocycles. The third-order valence-electron chi connectivity index (χ3n) is 3.36. The van der Waals surface area contributed by atoms with Gasteiger partial charge in [0.25, 0.3) is 0 Å². The SMILES string of the molecule is COc1ccc(-c2cc(COC(=O)c3ccc(Br)cc3)no2)cc1. The molecule has 6 heteroatoms. The molecule has 3 rings (SSSR count). The van der Waals surface area contributed by atoms with E-state index in [9.17, 15) is 4.79 Å². The van der Waals surface area contributed by atoms with E-state index in [2.05, 4.69) is 21.1 Å². The number of hydrogen-bond donors (Lipinski definition) is 0. The summed E-state index contributed by atoms with van der Waals surface area (Å²) in [6, 6.07) is 16.1. The molecule has 0 saturated heterocycles. The fraction of sp³-hybridized carbons (Fsp3) is 0.111. The highest BCUT2D eigenvalue weighted by Crippen LogP contribution is 2.23. The second kappa shape index (κ2) is 7.31. The van der Waals surface area contributed by atoms with Crippen molar-refractivity contribution in [3.8, 4) is 17.1 Å². The summed E-state index contributed by atoms with van der Waals surface area (Å²) in [4.78, 5) is 12.0. The lowest BCUT2D eigenvalue weighted by Gasteiger charge is -2.02. The Bertz CT molecular complexity index is 825. The van der Waals surface area contributed by atoms with Crippen molar-refractivity contribution in [2.45, 2.75) is 6.61 Å². The largest absolute Gasteiger partial charge is 0.497 e. The fourth-order valence-electron chi connectivity index (χ4n) is 2.08. The van der Waals surface area contributed by atoms with E-state index in [0.29, 0.717) is 17.0 Å². The summed E-state index contributed by atoms with van der Waals surface area (Å²) in [5.41, 5.74) is 1.90. The molecule has 0 aliphatic heterocycles. The number of carbonyl (C=O) groups excluding carboxylic acids is 1. The van der Waals surface area contributed by atoms with Crippen LogP contribution < -0.4 is 4.74 Å². The number of hydrogen-bond acceptors (Lipinski definition) is 5. The zero-order chi connectivity index (χ0) is 16.9. The van der Waals surface area contributed by atoms with Gasteiger partial charge in [0.15, 0.2) is 5.76 Å². The Morgan fingerprint density at radius 2 is 1.83 bits per heavy atom. The van der Waals surface area contributed by atoms with E-state index >= 15 is 0 Å². The molecule has 0 aliphatic rings. The molecular weight excluding hydrogens is 374 g/mol. The van der Waals surface area contributed by atoms with E-state index in [1.807, 2.05) is 24.3 Å². The van der Waals surface area contributed by atoms with Crippen LogP contribution in [0, 0.1) is 0 Å². The van der Waals surface area contributed by atoms with Crippen molar-refractivity contribution in [2.75, 3.05) is 7.11 Å². The normalized spacial score (nSPS) is 10.4. The number of benzene rings is 2. The zero-order valence-electron chi connectivity index (χ0n) is 12.9. The highest BCUT2D eigenvalue weighted by molar-refractivity contribution is 9.10. The number of ether oxygens (including phenoxy) is 2. The number of halogens is 1. The van der Waals surface area contributed by atoms with Crippen LogP contribution in [0.1, 0.15) is 16.1 Å². The fourth-order valence-corrected chi connectivity index (χ4v) is 2.34. The Hall–Kier alpha value is -2.60. The Kier molecular flexibility index (Phi) is 4.96. The maximum absolute atomic E-state index is 12.0. The first kappa shape index (κ1) is 16.3. The number of methoxy groups -OCH3 is 1. The first-order valence-electron chi connectivity index (χ1n) is 7.18. The van der Waals surface area contributed by atoms with Crippen LogP contribution in [0.2, 0.25) is 0 Å². The molecule has 0 saturated carbocycles. The van der Waals surface area contributed by atoms with E-state index in [1.54, 1.807) is 37.4 Å². The van der Waals surface area contributed by atoms with Crippen LogP contribution in [0.4, 0.5) is 0 Å². The van der Waals surface area contributed by atoms with Gasteiger partial charge in [-0.2, -0.15) is 0 Å². The molecule has 0 spiro atoms. The summed E-state index contributed by atoms with van der Waals surface area (Å²) in [6.45, 7) is 0.0502. The van der Waals surface area contributed by atoms with Gasteiger partial charge in [-0.05, 0) is 48.5 Å². The topological polar surface area (TPSA) is 61.6 Å². The zero-order valence-corrected chi connectivity index (χ0v) is 14.4. The Morgan fingerprint density at radius 1 is 1.12 bits per heavy atom. The number of carbonyl (C=O) groups is 1. The van der Waals surface area contributed by atoms with Crippen molar-refractivity contribution in [2.24, 2.45) is 0 Å². The molecular formula is C18H14BrNO4. The van der Waals surface area contributed by atoms with Crippen molar-refractivity contribution in [3.05, 3.63) is 70.3 Å². The predicted octanol–water partition coefficient (Wildman–Crippen LogP) is 4.47. The van der Waals surface area contributed by atoms with Crippen LogP contribution in [-0.4, -0.2) is 18.2 Å². The smallest absolute Gasteiger partial charge is 0.338 e. The molecule has 122 valence electrons. The van der Waals surface area contributed by atoms with Crippen molar-refractivity contribution >= 4 is 21.9 Å². The summed E-state index contributed by atoms with van der Waals surface area (Å²) in [5.74, 6) is 0.964. The molecule has 0 amide bonds. The van der Waals surface area contributed by atoms with Crippen LogP contribution in [0.25, 0.3) is 11.3 Å². The van der Waals surface area contributed by atoms with Crippen LogP contribution in [0.15, 0.2) is 63.6 Å². The number of nitrogens with zero attached hydrogens (tertiary/aromatic N) is 1. The van der Waals surface area contributed by atoms with Crippen LogP contribution in [0.3, 0.4) is 0 Å². The summed E-state index contributed by atoms with van der Waals surface area (Å²) >= 11 is 3.32. The molecule has 0 fully saturated rings. The highest BCUT2D eigenvalue weighted by Gasteiger charge is 2.11. The van der Waals surface area contributed by atoms with Gasteiger partial charge in [-0.15, -0.1) is 0 Å². The second-order valence-electron chi connectivity index (χ2n) is 4.99. The quantitative estimate of drug-likeness (QED) is 0.604. The number of rotatable bonds is 5. The Balaban J connectivity index is 1.63. The van der Waals surface area contributed by atoms with Crippen molar-refractivity contribution in [3.63, 3.8) is 0 Å². The molecule has 0 bridgehead atoms. The van der Waals surface area contributed by atoms with E-state index < -0.39 is 5.97 Å².